The van der Waals surface area contributed by atoms with Crippen molar-refractivity contribution in [1.82, 2.24) is 30.0 Å². The molecule has 0 saturated heterocycles. The molecule has 0 aromatic carbocycles. The summed E-state index contributed by atoms with van der Waals surface area (Å²) in [5.74, 6) is -0.562. The highest BCUT2D eigenvalue weighted by Gasteiger charge is 2.27. The first kappa shape index (κ1) is 22.2. The molecule has 4 aromatic rings. The van der Waals surface area contributed by atoms with E-state index in [1.165, 1.54) is 29.4 Å². The molecule has 4 aromatic heterocycles. The van der Waals surface area contributed by atoms with Gasteiger partial charge in [0, 0.05) is 17.8 Å². The number of fused-ring (bicyclic) bond motifs is 1. The number of aromatic nitrogens is 5. The number of halogens is 3. The lowest BCUT2D eigenvalue weighted by molar-refractivity contribution is 0.0663. The Hall–Kier alpha value is -3.05. The number of anilines is 1. The zero-order valence-electron chi connectivity index (χ0n) is 16.7. The van der Waals surface area contributed by atoms with Gasteiger partial charge in [-0.15, -0.1) is 5.10 Å². The van der Waals surface area contributed by atoms with Crippen molar-refractivity contribution in [2.75, 3.05) is 5.73 Å². The molecule has 162 valence electrons. The average molecular weight is 561 g/mol. The summed E-state index contributed by atoms with van der Waals surface area (Å²) < 4.78 is 15.6. The summed E-state index contributed by atoms with van der Waals surface area (Å²) in [5.41, 5.74) is 7.23. The Morgan fingerprint density at radius 1 is 1.19 bits per heavy atom. The van der Waals surface area contributed by atoms with Gasteiger partial charge in [0.05, 0.1) is 34.0 Å². The fourth-order valence-corrected chi connectivity index (χ4v) is 3.72. The largest absolute Gasteiger partial charge is 0.383 e. The second-order valence-electron chi connectivity index (χ2n) is 6.95. The lowest BCUT2D eigenvalue weighted by atomic mass is 10.1. The van der Waals surface area contributed by atoms with E-state index in [2.05, 4.69) is 57.0 Å². The van der Waals surface area contributed by atoms with Gasteiger partial charge >= 0.3 is 0 Å². The van der Waals surface area contributed by atoms with Gasteiger partial charge in [-0.1, -0.05) is 0 Å². The van der Waals surface area contributed by atoms with E-state index in [1.54, 1.807) is 31.2 Å². The van der Waals surface area contributed by atoms with E-state index in [0.29, 0.717) is 37.2 Å². The molecule has 0 spiro atoms. The van der Waals surface area contributed by atoms with Crippen LogP contribution in [0.25, 0.3) is 11.0 Å². The van der Waals surface area contributed by atoms with Gasteiger partial charge in [-0.25, -0.2) is 14.4 Å². The highest BCUT2D eigenvalue weighted by molar-refractivity contribution is 9.10. The molecule has 32 heavy (non-hydrogen) atoms. The number of rotatable bonds is 5. The summed E-state index contributed by atoms with van der Waals surface area (Å²) >= 11 is 6.58. The zero-order chi connectivity index (χ0) is 22.8. The quantitative estimate of drug-likeness (QED) is 0.383. The molecule has 2 N–H and O–H groups in total. The van der Waals surface area contributed by atoms with Crippen molar-refractivity contribution in [3.8, 4) is 0 Å². The third-order valence-electron chi connectivity index (χ3n) is 4.83. The molecule has 0 aliphatic carbocycles. The molecule has 0 aliphatic rings. The van der Waals surface area contributed by atoms with Gasteiger partial charge in [0.25, 0.3) is 5.91 Å². The van der Waals surface area contributed by atoms with Gasteiger partial charge in [-0.3, -0.25) is 9.78 Å². The molecule has 0 aliphatic heterocycles. The molecule has 1 amide bonds. The highest BCUT2D eigenvalue weighted by Crippen LogP contribution is 2.27. The van der Waals surface area contributed by atoms with E-state index >= 15 is 0 Å². The predicted octanol–water partition coefficient (Wildman–Crippen LogP) is 4.46. The Kier molecular flexibility index (Phi) is 6.38. The average Bonchev–Trinajstić information content (AvgIpc) is 2.78. The molecule has 0 radical (unpaired) electrons. The van der Waals surface area contributed by atoms with Crippen molar-refractivity contribution in [2.24, 2.45) is 0 Å². The van der Waals surface area contributed by atoms with Gasteiger partial charge < -0.3 is 10.6 Å². The summed E-state index contributed by atoms with van der Waals surface area (Å²) in [6, 6.07) is 9.01. The van der Waals surface area contributed by atoms with Crippen molar-refractivity contribution in [1.29, 1.82) is 0 Å². The summed E-state index contributed by atoms with van der Waals surface area (Å²) in [4.78, 5) is 27.7. The van der Waals surface area contributed by atoms with Crippen LogP contribution >= 0.6 is 31.9 Å². The summed E-state index contributed by atoms with van der Waals surface area (Å²) in [7, 11) is 0. The second kappa shape index (κ2) is 9.21. The third-order valence-corrected chi connectivity index (χ3v) is 5.88. The number of pyridine rings is 3. The molecule has 11 heteroatoms. The first-order valence-electron chi connectivity index (χ1n) is 9.44. The van der Waals surface area contributed by atoms with Gasteiger partial charge in [0.1, 0.15) is 16.2 Å². The zero-order valence-corrected chi connectivity index (χ0v) is 19.9. The SMILES string of the molecule is C[C@H](c1ncccc1F)N(Cc1ccc(Br)nn1)C(=O)c1cnc2nc(N)c(Br)cc2c1. The maximum absolute atomic E-state index is 14.5. The van der Waals surface area contributed by atoms with Gasteiger partial charge in [-0.05, 0) is 75.2 Å². The maximum atomic E-state index is 14.5. The minimum Gasteiger partial charge on any atom is -0.383 e. The number of nitrogens with two attached hydrogens (primary N) is 1. The van der Waals surface area contributed by atoms with Crippen LogP contribution in [-0.2, 0) is 6.54 Å². The molecular formula is C21H16Br2FN7O. The van der Waals surface area contributed by atoms with E-state index in [9.17, 15) is 9.18 Å². The minimum atomic E-state index is -0.680. The number of hydrogen-bond acceptors (Lipinski definition) is 7. The summed E-state index contributed by atoms with van der Waals surface area (Å²) in [6.07, 6.45) is 2.91. The molecule has 4 rings (SSSR count). The van der Waals surface area contributed by atoms with Gasteiger partial charge in [-0.2, -0.15) is 5.10 Å². The smallest absolute Gasteiger partial charge is 0.256 e. The lowest BCUT2D eigenvalue weighted by Crippen LogP contribution is -2.34. The van der Waals surface area contributed by atoms with Crippen LogP contribution in [0.2, 0.25) is 0 Å². The van der Waals surface area contributed by atoms with E-state index in [1.807, 2.05) is 0 Å². The molecule has 0 unspecified atom stereocenters. The van der Waals surface area contributed by atoms with Crippen LogP contribution in [0.4, 0.5) is 10.2 Å². The van der Waals surface area contributed by atoms with Crippen molar-refractivity contribution in [3.05, 3.63) is 80.6 Å². The third kappa shape index (κ3) is 4.58. The first-order chi connectivity index (χ1) is 15.3. The van der Waals surface area contributed by atoms with Crippen molar-refractivity contribution in [3.63, 3.8) is 0 Å². The van der Waals surface area contributed by atoms with Crippen LogP contribution in [0.15, 0.2) is 57.9 Å². The topological polar surface area (TPSA) is 111 Å². The Balaban J connectivity index is 1.75. The van der Waals surface area contributed by atoms with E-state index in [-0.39, 0.29) is 18.1 Å². The second-order valence-corrected chi connectivity index (χ2v) is 8.62. The summed E-state index contributed by atoms with van der Waals surface area (Å²) in [6.45, 7) is 1.81. The van der Waals surface area contributed by atoms with E-state index in [4.69, 9.17) is 5.73 Å². The van der Waals surface area contributed by atoms with Crippen LogP contribution in [0.3, 0.4) is 0 Å². The lowest BCUT2D eigenvalue weighted by Gasteiger charge is -2.29. The van der Waals surface area contributed by atoms with Crippen molar-refractivity contribution >= 4 is 54.6 Å². The van der Waals surface area contributed by atoms with Gasteiger partial charge in [0.15, 0.2) is 5.65 Å². The van der Waals surface area contributed by atoms with Crippen LogP contribution in [-0.4, -0.2) is 36.0 Å². The molecule has 0 bridgehead atoms. The standard InChI is InChI=1S/C21H16Br2FN7O/c1-11(18-16(24)3-2-6-26-18)31(10-14-4-5-17(23)30-29-14)21(32)13-7-12-8-15(22)19(25)28-20(12)27-9-13/h2-9,11H,10H2,1H3,(H2,25,27,28)/t11-/m1/s1. The number of carbonyl (C=O) groups is 1. The number of amides is 1. The van der Waals surface area contributed by atoms with Crippen LogP contribution in [0.5, 0.6) is 0 Å². The monoisotopic (exact) mass is 559 g/mol. The number of nitrogens with zero attached hydrogens (tertiary/aromatic N) is 6. The van der Waals surface area contributed by atoms with Crippen molar-refractivity contribution in [2.45, 2.75) is 19.5 Å². The molecule has 4 heterocycles. The van der Waals surface area contributed by atoms with E-state index < -0.39 is 11.9 Å². The van der Waals surface area contributed by atoms with Crippen LogP contribution < -0.4 is 5.73 Å². The molecule has 0 fully saturated rings. The molecule has 1 atom stereocenters. The first-order valence-corrected chi connectivity index (χ1v) is 11.0. The molecule has 8 nitrogen and oxygen atoms in total. The minimum absolute atomic E-state index is 0.0953. The molecule has 0 saturated carbocycles. The van der Waals surface area contributed by atoms with Crippen molar-refractivity contribution < 1.29 is 9.18 Å². The normalized spacial score (nSPS) is 12.0. The summed E-state index contributed by atoms with van der Waals surface area (Å²) in [5, 5.41) is 8.72. The highest BCUT2D eigenvalue weighted by atomic mass is 79.9. The maximum Gasteiger partial charge on any atom is 0.256 e. The number of hydrogen-bond donors (Lipinski definition) is 1. The molecular weight excluding hydrogens is 545 g/mol. The Bertz CT molecular complexity index is 1300. The Morgan fingerprint density at radius 3 is 2.72 bits per heavy atom. The fraction of sp³-hybridized carbons (Fsp3) is 0.143. The van der Waals surface area contributed by atoms with E-state index in [0.717, 1.165) is 0 Å². The Morgan fingerprint density at radius 2 is 2.00 bits per heavy atom. The number of carbonyl (C=O) groups excluding carboxylic acids is 1. The van der Waals surface area contributed by atoms with Gasteiger partial charge in [0.2, 0.25) is 0 Å². The fourth-order valence-electron chi connectivity index (χ4n) is 3.17. The Labute approximate surface area is 199 Å². The van der Waals surface area contributed by atoms with Crippen LogP contribution in [0, 0.1) is 5.82 Å². The predicted molar refractivity (Wildman–Crippen MR) is 124 cm³/mol. The number of nitrogen functional groups attached to an aromatic ring is 1. The van der Waals surface area contributed by atoms with Crippen LogP contribution in [0.1, 0.15) is 34.7 Å².